The third-order valence-corrected chi connectivity index (χ3v) is 4.14. The summed E-state index contributed by atoms with van der Waals surface area (Å²) in [5.41, 5.74) is 2.61. The van der Waals surface area contributed by atoms with Crippen molar-refractivity contribution in [1.82, 2.24) is 10.2 Å². The zero-order valence-electron chi connectivity index (χ0n) is 13.9. The van der Waals surface area contributed by atoms with E-state index in [1.807, 2.05) is 0 Å². The minimum atomic E-state index is -0.526. The van der Waals surface area contributed by atoms with Crippen LogP contribution < -0.4 is 5.32 Å². The SMILES string of the molecule is CNc1nnc(-c2c(O)cc(C)cc2F)c2c1[C@@H](CCOC)OC2. The lowest BCUT2D eigenvalue weighted by Gasteiger charge is -2.15. The highest BCUT2D eigenvalue weighted by molar-refractivity contribution is 5.73. The molecule has 1 aromatic carbocycles. The van der Waals surface area contributed by atoms with Gasteiger partial charge in [0.15, 0.2) is 5.82 Å². The molecule has 0 amide bonds. The standard InChI is InChI=1S/C17H20FN3O3/c1-9-6-11(18)15(12(22)7-9)16-10-8-24-13(4-5-23-3)14(10)17(19-2)21-20-16/h6-7,13,22H,4-5,8H2,1-3H3,(H,19,21)/t13-/m1/s1. The number of aromatic nitrogens is 2. The van der Waals surface area contributed by atoms with Gasteiger partial charge in [-0.15, -0.1) is 10.2 Å². The van der Waals surface area contributed by atoms with Crippen LogP contribution in [0.25, 0.3) is 11.3 Å². The Kier molecular flexibility index (Phi) is 4.64. The molecular weight excluding hydrogens is 313 g/mol. The zero-order chi connectivity index (χ0) is 17.3. The summed E-state index contributed by atoms with van der Waals surface area (Å²) in [5.74, 6) is -0.0811. The number of benzene rings is 1. The van der Waals surface area contributed by atoms with E-state index in [1.54, 1.807) is 21.1 Å². The first-order valence-corrected chi connectivity index (χ1v) is 7.74. The fourth-order valence-corrected chi connectivity index (χ4v) is 3.04. The molecule has 1 aliphatic rings. The average molecular weight is 333 g/mol. The summed E-state index contributed by atoms with van der Waals surface area (Å²) in [6, 6.07) is 2.88. The second kappa shape index (κ2) is 6.70. The third kappa shape index (κ3) is 2.81. The Hall–Kier alpha value is -2.25. The molecule has 3 rings (SSSR count). The van der Waals surface area contributed by atoms with E-state index in [0.717, 1.165) is 11.1 Å². The van der Waals surface area contributed by atoms with Gasteiger partial charge in [0.1, 0.15) is 17.3 Å². The van der Waals surface area contributed by atoms with Gasteiger partial charge in [0, 0.05) is 38.3 Å². The van der Waals surface area contributed by atoms with Crippen LogP contribution in [0.2, 0.25) is 0 Å². The highest BCUT2D eigenvalue weighted by Crippen LogP contribution is 2.43. The first-order chi connectivity index (χ1) is 11.6. The van der Waals surface area contributed by atoms with Crippen molar-refractivity contribution in [2.24, 2.45) is 0 Å². The maximum Gasteiger partial charge on any atom is 0.154 e. The lowest BCUT2D eigenvalue weighted by molar-refractivity contribution is 0.0401. The van der Waals surface area contributed by atoms with Crippen LogP contribution in [0.3, 0.4) is 0 Å². The predicted octanol–water partition coefficient (Wildman–Crippen LogP) is 2.95. The minimum Gasteiger partial charge on any atom is -0.507 e. The molecular formula is C17H20FN3O3. The topological polar surface area (TPSA) is 76.5 Å². The van der Waals surface area contributed by atoms with E-state index in [9.17, 15) is 9.50 Å². The predicted molar refractivity (Wildman–Crippen MR) is 87.4 cm³/mol. The molecule has 7 heteroatoms. The number of phenolic OH excluding ortho intramolecular Hbond substituents is 1. The summed E-state index contributed by atoms with van der Waals surface area (Å²) in [7, 11) is 3.38. The van der Waals surface area contributed by atoms with Crippen LogP contribution in [0.1, 0.15) is 29.2 Å². The fourth-order valence-electron chi connectivity index (χ4n) is 3.04. The number of phenols is 1. The van der Waals surface area contributed by atoms with Crippen molar-refractivity contribution in [2.75, 3.05) is 26.1 Å². The van der Waals surface area contributed by atoms with Gasteiger partial charge in [-0.1, -0.05) is 0 Å². The molecule has 0 saturated heterocycles. The Morgan fingerprint density at radius 1 is 1.42 bits per heavy atom. The Morgan fingerprint density at radius 3 is 2.88 bits per heavy atom. The van der Waals surface area contributed by atoms with Crippen LogP contribution in [-0.2, 0) is 16.1 Å². The Balaban J connectivity index is 2.14. The molecule has 128 valence electrons. The average Bonchev–Trinajstić information content (AvgIpc) is 2.96. The van der Waals surface area contributed by atoms with E-state index < -0.39 is 5.82 Å². The Morgan fingerprint density at radius 2 is 2.21 bits per heavy atom. The summed E-state index contributed by atoms with van der Waals surface area (Å²) in [5, 5.41) is 21.5. The lowest BCUT2D eigenvalue weighted by Crippen LogP contribution is -2.08. The van der Waals surface area contributed by atoms with E-state index in [1.165, 1.54) is 12.1 Å². The number of halogens is 1. The van der Waals surface area contributed by atoms with E-state index in [4.69, 9.17) is 9.47 Å². The van der Waals surface area contributed by atoms with Gasteiger partial charge < -0.3 is 19.9 Å². The smallest absolute Gasteiger partial charge is 0.154 e. The molecule has 0 radical (unpaired) electrons. The number of fused-ring (bicyclic) bond motifs is 1. The van der Waals surface area contributed by atoms with Crippen molar-refractivity contribution in [3.05, 3.63) is 34.6 Å². The molecule has 6 nitrogen and oxygen atoms in total. The number of aromatic hydroxyl groups is 1. The number of rotatable bonds is 5. The van der Waals surface area contributed by atoms with Crippen molar-refractivity contribution >= 4 is 5.82 Å². The number of aryl methyl sites for hydroxylation is 1. The van der Waals surface area contributed by atoms with Crippen LogP contribution in [-0.4, -0.2) is 36.1 Å². The number of ether oxygens (including phenoxy) is 2. The van der Waals surface area contributed by atoms with E-state index >= 15 is 0 Å². The summed E-state index contributed by atoms with van der Waals surface area (Å²) >= 11 is 0. The molecule has 0 aliphatic carbocycles. The number of nitrogens with zero attached hydrogens (tertiary/aromatic N) is 2. The van der Waals surface area contributed by atoms with Gasteiger partial charge >= 0.3 is 0 Å². The van der Waals surface area contributed by atoms with Crippen molar-refractivity contribution in [1.29, 1.82) is 0 Å². The minimum absolute atomic E-state index is 0.0583. The van der Waals surface area contributed by atoms with Gasteiger partial charge in [-0.25, -0.2) is 4.39 Å². The van der Waals surface area contributed by atoms with Crippen molar-refractivity contribution in [3.63, 3.8) is 0 Å². The van der Waals surface area contributed by atoms with Gasteiger partial charge in [-0.05, 0) is 24.6 Å². The van der Waals surface area contributed by atoms with Crippen LogP contribution in [0.5, 0.6) is 5.75 Å². The number of hydrogen-bond donors (Lipinski definition) is 2. The molecule has 0 spiro atoms. The summed E-state index contributed by atoms with van der Waals surface area (Å²) in [6.07, 6.45) is 0.457. The number of methoxy groups -OCH3 is 1. The first-order valence-electron chi connectivity index (χ1n) is 7.74. The Labute approximate surface area is 139 Å². The van der Waals surface area contributed by atoms with E-state index in [2.05, 4.69) is 15.5 Å². The largest absolute Gasteiger partial charge is 0.507 e. The van der Waals surface area contributed by atoms with Crippen LogP contribution in [0, 0.1) is 12.7 Å². The Bertz CT molecular complexity index is 744. The second-order valence-corrected chi connectivity index (χ2v) is 5.76. The molecule has 2 heterocycles. The van der Waals surface area contributed by atoms with Crippen molar-refractivity contribution in [3.8, 4) is 17.0 Å². The quantitative estimate of drug-likeness (QED) is 0.876. The van der Waals surface area contributed by atoms with Crippen LogP contribution in [0.15, 0.2) is 12.1 Å². The molecule has 2 N–H and O–H groups in total. The summed E-state index contributed by atoms with van der Waals surface area (Å²) < 4.78 is 25.4. The van der Waals surface area contributed by atoms with E-state index in [0.29, 0.717) is 30.1 Å². The molecule has 1 atom stereocenters. The molecule has 2 aromatic rings. The molecule has 0 saturated carbocycles. The lowest BCUT2D eigenvalue weighted by atomic mass is 9.98. The maximum absolute atomic E-state index is 14.4. The molecule has 0 fully saturated rings. The second-order valence-electron chi connectivity index (χ2n) is 5.76. The van der Waals surface area contributed by atoms with Crippen LogP contribution in [0.4, 0.5) is 10.2 Å². The van der Waals surface area contributed by atoms with Crippen molar-refractivity contribution < 1.29 is 19.0 Å². The zero-order valence-corrected chi connectivity index (χ0v) is 13.9. The van der Waals surface area contributed by atoms with Gasteiger partial charge in [0.05, 0.1) is 18.3 Å². The first kappa shape index (κ1) is 16.6. The van der Waals surface area contributed by atoms with Gasteiger partial charge in [0.2, 0.25) is 0 Å². The van der Waals surface area contributed by atoms with Gasteiger partial charge in [-0.3, -0.25) is 0 Å². The monoisotopic (exact) mass is 333 g/mol. The van der Waals surface area contributed by atoms with Gasteiger partial charge in [-0.2, -0.15) is 0 Å². The summed E-state index contributed by atoms with van der Waals surface area (Å²) in [6.45, 7) is 2.54. The third-order valence-electron chi connectivity index (χ3n) is 4.14. The molecule has 0 unspecified atom stereocenters. The van der Waals surface area contributed by atoms with Gasteiger partial charge in [0.25, 0.3) is 0 Å². The van der Waals surface area contributed by atoms with Crippen molar-refractivity contribution in [2.45, 2.75) is 26.1 Å². The normalized spacial score (nSPS) is 16.2. The van der Waals surface area contributed by atoms with Crippen LogP contribution >= 0.6 is 0 Å². The molecule has 24 heavy (non-hydrogen) atoms. The maximum atomic E-state index is 14.4. The number of nitrogens with one attached hydrogen (secondary N) is 1. The number of anilines is 1. The highest BCUT2D eigenvalue weighted by atomic mass is 19.1. The highest BCUT2D eigenvalue weighted by Gasteiger charge is 2.32. The fraction of sp³-hybridized carbons (Fsp3) is 0.412. The number of hydrogen-bond acceptors (Lipinski definition) is 6. The van der Waals surface area contributed by atoms with E-state index in [-0.39, 0.29) is 24.0 Å². The summed E-state index contributed by atoms with van der Waals surface area (Å²) in [4.78, 5) is 0. The molecule has 1 aliphatic heterocycles. The molecule has 0 bridgehead atoms. The molecule has 1 aromatic heterocycles.